The fourth-order valence-electron chi connectivity index (χ4n) is 3.19. The highest BCUT2D eigenvalue weighted by Crippen LogP contribution is 2.25. The van der Waals surface area contributed by atoms with Crippen LogP contribution in [0.25, 0.3) is 0 Å². The minimum Gasteiger partial charge on any atom is -0.352 e. The van der Waals surface area contributed by atoms with E-state index in [2.05, 4.69) is 5.32 Å². The molecule has 3 rings (SSSR count). The Bertz CT molecular complexity index is 907. The van der Waals surface area contributed by atoms with E-state index in [9.17, 15) is 13.2 Å². The highest BCUT2D eigenvalue weighted by Gasteiger charge is 2.31. The summed E-state index contributed by atoms with van der Waals surface area (Å²) in [6.45, 7) is 1.15. The van der Waals surface area contributed by atoms with E-state index in [0.29, 0.717) is 42.4 Å². The summed E-state index contributed by atoms with van der Waals surface area (Å²) in [7, 11) is -3.52. The van der Waals surface area contributed by atoms with E-state index in [1.54, 1.807) is 36.0 Å². The summed E-state index contributed by atoms with van der Waals surface area (Å²) in [5, 5.41) is 3.59. The van der Waals surface area contributed by atoms with E-state index in [1.165, 1.54) is 4.31 Å². The van der Waals surface area contributed by atoms with Crippen molar-refractivity contribution < 1.29 is 13.2 Å². The number of halogens is 1. The van der Waals surface area contributed by atoms with E-state index >= 15 is 0 Å². The Hall–Kier alpha value is -1.54. The minimum absolute atomic E-state index is 0.0312. The van der Waals surface area contributed by atoms with Gasteiger partial charge in [-0.25, -0.2) is 8.42 Å². The maximum absolute atomic E-state index is 12.8. The Balaban J connectivity index is 1.54. The minimum atomic E-state index is -3.52. The maximum Gasteiger partial charge on any atom is 0.243 e. The highest BCUT2D eigenvalue weighted by atomic mass is 35.5. The van der Waals surface area contributed by atoms with Crippen LogP contribution < -0.4 is 5.32 Å². The molecule has 0 atom stereocenters. The molecule has 1 heterocycles. The van der Waals surface area contributed by atoms with Crippen LogP contribution in [0.4, 0.5) is 0 Å². The van der Waals surface area contributed by atoms with Crippen LogP contribution in [-0.4, -0.2) is 38.0 Å². The molecule has 8 heteroatoms. The fraction of sp³-hybridized carbons (Fsp3) is 0.350. The number of benzene rings is 2. The molecule has 0 bridgehead atoms. The van der Waals surface area contributed by atoms with Crippen molar-refractivity contribution in [3.63, 3.8) is 0 Å². The monoisotopic (exact) mass is 438 g/mol. The third-order valence-electron chi connectivity index (χ3n) is 4.90. The van der Waals surface area contributed by atoms with Gasteiger partial charge in [-0.2, -0.15) is 4.31 Å². The molecule has 150 valence electrons. The first-order valence-electron chi connectivity index (χ1n) is 9.06. The van der Waals surface area contributed by atoms with Crippen molar-refractivity contribution in [2.24, 2.45) is 5.92 Å². The summed E-state index contributed by atoms with van der Waals surface area (Å²) in [4.78, 5) is 13.8. The molecular weight excluding hydrogens is 416 g/mol. The first kappa shape index (κ1) is 21.2. The molecule has 0 spiro atoms. The molecular formula is C20H23ClN2O3S2. The van der Waals surface area contributed by atoms with Crippen molar-refractivity contribution in [3.05, 3.63) is 59.1 Å². The second kappa shape index (κ2) is 9.31. The van der Waals surface area contributed by atoms with E-state index in [4.69, 9.17) is 11.6 Å². The molecule has 2 aromatic carbocycles. The third kappa shape index (κ3) is 5.08. The molecule has 0 unspecified atom stereocenters. The van der Waals surface area contributed by atoms with Crippen LogP contribution in [0.15, 0.2) is 58.3 Å². The molecule has 0 aromatic heterocycles. The van der Waals surface area contributed by atoms with Crippen molar-refractivity contribution in [1.82, 2.24) is 9.62 Å². The molecule has 1 aliphatic heterocycles. The van der Waals surface area contributed by atoms with Gasteiger partial charge in [0.15, 0.2) is 0 Å². The molecule has 1 saturated heterocycles. The number of carbonyl (C=O) groups excluding carboxylic acids is 1. The van der Waals surface area contributed by atoms with Crippen molar-refractivity contribution >= 4 is 39.3 Å². The number of sulfonamides is 1. The van der Waals surface area contributed by atoms with Crippen LogP contribution in [0.5, 0.6) is 0 Å². The lowest BCUT2D eigenvalue weighted by molar-refractivity contribution is -0.126. The first-order valence-corrected chi connectivity index (χ1v) is 12.1. The summed E-state index contributed by atoms with van der Waals surface area (Å²) in [6.07, 6.45) is 3.00. The molecule has 0 radical (unpaired) electrons. The number of carbonyl (C=O) groups is 1. The van der Waals surface area contributed by atoms with Gasteiger partial charge in [0.25, 0.3) is 0 Å². The smallest absolute Gasteiger partial charge is 0.243 e. The van der Waals surface area contributed by atoms with Crippen LogP contribution in [0.1, 0.15) is 18.4 Å². The first-order chi connectivity index (χ1) is 13.4. The van der Waals surface area contributed by atoms with Crippen LogP contribution in [-0.2, 0) is 21.4 Å². The molecule has 1 N–H and O–H groups in total. The summed E-state index contributed by atoms with van der Waals surface area (Å²) in [6, 6.07) is 14.2. The number of piperidine rings is 1. The Kier molecular flexibility index (Phi) is 7.04. The number of thioether (sulfide) groups is 1. The predicted octanol–water partition coefficient (Wildman–Crippen LogP) is 3.78. The van der Waals surface area contributed by atoms with E-state index in [1.807, 2.05) is 30.5 Å². The number of rotatable bonds is 6. The Morgan fingerprint density at radius 3 is 2.29 bits per heavy atom. The molecule has 0 saturated carbocycles. The average molecular weight is 439 g/mol. The van der Waals surface area contributed by atoms with Gasteiger partial charge in [0.05, 0.1) is 4.90 Å². The zero-order chi connectivity index (χ0) is 20.1. The lowest BCUT2D eigenvalue weighted by Gasteiger charge is -2.30. The number of nitrogens with zero attached hydrogens (tertiary/aromatic N) is 1. The van der Waals surface area contributed by atoms with Gasteiger partial charge in [-0.05, 0) is 61.1 Å². The molecule has 2 aromatic rings. The molecule has 1 amide bonds. The van der Waals surface area contributed by atoms with E-state index < -0.39 is 10.0 Å². The molecule has 28 heavy (non-hydrogen) atoms. The Morgan fingerprint density at radius 2 is 1.71 bits per heavy atom. The van der Waals surface area contributed by atoms with Crippen molar-refractivity contribution in [3.8, 4) is 0 Å². The van der Waals surface area contributed by atoms with Crippen LogP contribution in [0.3, 0.4) is 0 Å². The van der Waals surface area contributed by atoms with Gasteiger partial charge in [0.2, 0.25) is 15.9 Å². The summed E-state index contributed by atoms with van der Waals surface area (Å²) < 4.78 is 27.1. The average Bonchev–Trinajstić information content (AvgIpc) is 2.73. The van der Waals surface area contributed by atoms with Crippen molar-refractivity contribution in [2.75, 3.05) is 19.3 Å². The Labute approximate surface area is 175 Å². The largest absolute Gasteiger partial charge is 0.352 e. The number of amides is 1. The lowest BCUT2D eigenvalue weighted by atomic mass is 9.97. The van der Waals surface area contributed by atoms with Gasteiger partial charge in [0, 0.05) is 35.5 Å². The third-order valence-corrected chi connectivity index (χ3v) is 7.81. The number of nitrogens with one attached hydrogen (secondary N) is 1. The highest BCUT2D eigenvalue weighted by molar-refractivity contribution is 7.98. The van der Waals surface area contributed by atoms with Crippen LogP contribution >= 0.6 is 23.4 Å². The van der Waals surface area contributed by atoms with E-state index in [-0.39, 0.29) is 11.8 Å². The molecule has 0 aliphatic carbocycles. The van der Waals surface area contributed by atoms with Crippen LogP contribution in [0, 0.1) is 5.92 Å². The zero-order valence-corrected chi connectivity index (χ0v) is 18.0. The van der Waals surface area contributed by atoms with Crippen molar-refractivity contribution in [2.45, 2.75) is 29.2 Å². The zero-order valence-electron chi connectivity index (χ0n) is 15.6. The maximum atomic E-state index is 12.8. The normalized spacial score (nSPS) is 16.1. The molecule has 1 aliphatic rings. The second-order valence-corrected chi connectivity index (χ2v) is 9.95. The number of hydrogen-bond acceptors (Lipinski definition) is 4. The standard InChI is InChI=1S/C20H23ClN2O3S2/c1-27-18-6-8-19(9-7-18)28(25,26)23-12-10-16(11-13-23)20(24)22-14-15-2-4-17(21)5-3-15/h2-9,16H,10-14H2,1H3,(H,22,24). The quantitative estimate of drug-likeness (QED) is 0.697. The van der Waals surface area contributed by atoms with Gasteiger partial charge < -0.3 is 5.32 Å². The van der Waals surface area contributed by atoms with Crippen molar-refractivity contribution in [1.29, 1.82) is 0 Å². The number of hydrogen-bond donors (Lipinski definition) is 1. The summed E-state index contributed by atoms with van der Waals surface area (Å²) in [5.74, 6) is -0.200. The second-order valence-electron chi connectivity index (χ2n) is 6.70. The Morgan fingerprint density at radius 1 is 1.11 bits per heavy atom. The van der Waals surface area contributed by atoms with Gasteiger partial charge in [-0.1, -0.05) is 23.7 Å². The van der Waals surface area contributed by atoms with Gasteiger partial charge >= 0.3 is 0 Å². The van der Waals surface area contributed by atoms with Crippen LogP contribution in [0.2, 0.25) is 5.02 Å². The molecule has 1 fully saturated rings. The molecule has 5 nitrogen and oxygen atoms in total. The van der Waals surface area contributed by atoms with Gasteiger partial charge in [-0.3, -0.25) is 4.79 Å². The predicted molar refractivity (Wildman–Crippen MR) is 113 cm³/mol. The lowest BCUT2D eigenvalue weighted by Crippen LogP contribution is -2.42. The van der Waals surface area contributed by atoms with Gasteiger partial charge in [-0.15, -0.1) is 11.8 Å². The summed E-state index contributed by atoms with van der Waals surface area (Å²) >= 11 is 7.44. The topological polar surface area (TPSA) is 66.5 Å². The summed E-state index contributed by atoms with van der Waals surface area (Å²) in [5.41, 5.74) is 0.978. The van der Waals surface area contributed by atoms with E-state index in [0.717, 1.165) is 10.5 Å². The SMILES string of the molecule is CSc1ccc(S(=O)(=O)N2CCC(C(=O)NCc3ccc(Cl)cc3)CC2)cc1. The fourth-order valence-corrected chi connectivity index (χ4v) is 5.19. The van der Waals surface area contributed by atoms with Gasteiger partial charge in [0.1, 0.15) is 0 Å².